The predicted octanol–water partition coefficient (Wildman–Crippen LogP) is 1.14. The fourth-order valence-electron chi connectivity index (χ4n) is 2.67. The molecule has 128 valence electrons. The van der Waals surface area contributed by atoms with Crippen molar-refractivity contribution in [2.45, 2.75) is 13.3 Å². The lowest BCUT2D eigenvalue weighted by Crippen LogP contribution is -2.50. The molecule has 1 aliphatic heterocycles. The zero-order valence-corrected chi connectivity index (χ0v) is 13.9. The lowest BCUT2D eigenvalue weighted by atomic mass is 10.3. The van der Waals surface area contributed by atoms with Crippen molar-refractivity contribution in [3.05, 3.63) is 42.1 Å². The van der Waals surface area contributed by atoms with Gasteiger partial charge in [0.15, 0.2) is 6.61 Å². The first-order chi connectivity index (χ1) is 11.7. The summed E-state index contributed by atoms with van der Waals surface area (Å²) < 4.78 is 10.9. The molecule has 3 rings (SSSR count). The van der Waals surface area contributed by atoms with Gasteiger partial charge in [0.1, 0.15) is 5.75 Å². The summed E-state index contributed by atoms with van der Waals surface area (Å²) in [4.78, 5) is 16.4. The molecule has 1 amide bonds. The van der Waals surface area contributed by atoms with Gasteiger partial charge in [-0.2, -0.15) is 0 Å². The van der Waals surface area contributed by atoms with Crippen molar-refractivity contribution in [2.24, 2.45) is 0 Å². The van der Waals surface area contributed by atoms with Crippen LogP contribution in [0.4, 0.5) is 0 Å². The molecule has 0 unspecified atom stereocenters. The van der Waals surface area contributed by atoms with Gasteiger partial charge in [0.2, 0.25) is 11.8 Å². The third kappa shape index (κ3) is 4.55. The topological polar surface area (TPSA) is 71.7 Å². The Morgan fingerprint density at radius 3 is 2.58 bits per heavy atom. The van der Waals surface area contributed by atoms with E-state index in [2.05, 4.69) is 15.1 Å². The third-order valence-corrected chi connectivity index (χ3v) is 4.04. The van der Waals surface area contributed by atoms with Crippen molar-refractivity contribution in [2.75, 3.05) is 39.3 Å². The number of hydrogen-bond acceptors (Lipinski definition) is 6. The van der Waals surface area contributed by atoms with Crippen molar-refractivity contribution in [3.8, 4) is 5.75 Å². The monoisotopic (exact) mass is 330 g/mol. The average Bonchev–Trinajstić information content (AvgIpc) is 3.04. The van der Waals surface area contributed by atoms with Gasteiger partial charge in [0.05, 0.1) is 0 Å². The summed E-state index contributed by atoms with van der Waals surface area (Å²) in [5, 5.41) is 7.83. The zero-order valence-electron chi connectivity index (χ0n) is 13.9. The summed E-state index contributed by atoms with van der Waals surface area (Å²) in [6, 6.07) is 9.41. The summed E-state index contributed by atoms with van der Waals surface area (Å²) >= 11 is 0. The number of amides is 1. The first-order valence-corrected chi connectivity index (χ1v) is 8.17. The Hall–Kier alpha value is -2.41. The lowest BCUT2D eigenvalue weighted by Gasteiger charge is -2.34. The van der Waals surface area contributed by atoms with Gasteiger partial charge in [0, 0.05) is 46.1 Å². The van der Waals surface area contributed by atoms with Crippen LogP contribution >= 0.6 is 0 Å². The van der Waals surface area contributed by atoms with Crippen LogP contribution in [0.25, 0.3) is 0 Å². The number of benzene rings is 1. The molecule has 0 saturated carbocycles. The van der Waals surface area contributed by atoms with Crippen molar-refractivity contribution in [1.29, 1.82) is 0 Å². The smallest absolute Gasteiger partial charge is 0.260 e. The van der Waals surface area contributed by atoms with E-state index < -0.39 is 0 Å². The molecule has 0 atom stereocenters. The predicted molar refractivity (Wildman–Crippen MR) is 87.7 cm³/mol. The van der Waals surface area contributed by atoms with E-state index in [-0.39, 0.29) is 12.5 Å². The van der Waals surface area contributed by atoms with Crippen LogP contribution in [-0.2, 0) is 11.2 Å². The summed E-state index contributed by atoms with van der Waals surface area (Å²) in [6.45, 7) is 5.89. The first kappa shape index (κ1) is 16.4. The molecule has 0 N–H and O–H groups in total. The highest BCUT2D eigenvalue weighted by Crippen LogP contribution is 2.09. The quantitative estimate of drug-likeness (QED) is 0.791. The van der Waals surface area contributed by atoms with E-state index in [9.17, 15) is 4.79 Å². The fourth-order valence-corrected chi connectivity index (χ4v) is 2.67. The van der Waals surface area contributed by atoms with Crippen LogP contribution in [0.15, 0.2) is 34.7 Å². The largest absolute Gasteiger partial charge is 0.484 e. The van der Waals surface area contributed by atoms with E-state index in [4.69, 9.17) is 9.15 Å². The van der Waals surface area contributed by atoms with Crippen LogP contribution in [0, 0.1) is 6.92 Å². The molecule has 7 heteroatoms. The average molecular weight is 330 g/mol. The maximum atomic E-state index is 12.2. The van der Waals surface area contributed by atoms with Crippen molar-refractivity contribution in [3.63, 3.8) is 0 Å². The van der Waals surface area contributed by atoms with Gasteiger partial charge < -0.3 is 14.1 Å². The standard InChI is InChI=1S/C17H22N4O3/c1-14-18-19-16(24-14)7-8-20-9-11-21(12-10-20)17(22)13-23-15-5-3-2-4-6-15/h2-6H,7-13H2,1H3. The Kier molecular flexibility index (Phi) is 5.43. The van der Waals surface area contributed by atoms with Crippen molar-refractivity contribution in [1.82, 2.24) is 20.0 Å². The highest BCUT2D eigenvalue weighted by atomic mass is 16.5. The molecule has 1 aromatic heterocycles. The number of carbonyl (C=O) groups excluding carboxylic acids is 1. The second-order valence-corrected chi connectivity index (χ2v) is 5.79. The van der Waals surface area contributed by atoms with Crippen LogP contribution in [0.2, 0.25) is 0 Å². The van der Waals surface area contributed by atoms with Crippen LogP contribution < -0.4 is 4.74 Å². The van der Waals surface area contributed by atoms with Gasteiger partial charge in [-0.05, 0) is 12.1 Å². The molecule has 1 saturated heterocycles. The van der Waals surface area contributed by atoms with Gasteiger partial charge in [-0.25, -0.2) is 0 Å². The Morgan fingerprint density at radius 2 is 1.92 bits per heavy atom. The molecular weight excluding hydrogens is 308 g/mol. The molecule has 2 aromatic rings. The molecule has 1 aliphatic rings. The summed E-state index contributed by atoms with van der Waals surface area (Å²) in [7, 11) is 0. The minimum absolute atomic E-state index is 0.0334. The number of aryl methyl sites for hydroxylation is 1. The summed E-state index contributed by atoms with van der Waals surface area (Å²) in [5.41, 5.74) is 0. The number of rotatable bonds is 6. The van der Waals surface area contributed by atoms with Gasteiger partial charge >= 0.3 is 0 Å². The molecule has 0 radical (unpaired) electrons. The minimum Gasteiger partial charge on any atom is -0.484 e. The second kappa shape index (κ2) is 7.92. The molecule has 0 bridgehead atoms. The van der Waals surface area contributed by atoms with E-state index in [0.717, 1.165) is 44.9 Å². The van der Waals surface area contributed by atoms with Crippen molar-refractivity contribution >= 4 is 5.91 Å². The molecular formula is C17H22N4O3. The molecule has 24 heavy (non-hydrogen) atoms. The summed E-state index contributed by atoms with van der Waals surface area (Å²) in [5.74, 6) is 2.02. The third-order valence-electron chi connectivity index (χ3n) is 4.04. The van der Waals surface area contributed by atoms with Crippen LogP contribution in [-0.4, -0.2) is 65.2 Å². The molecule has 1 fully saturated rings. The second-order valence-electron chi connectivity index (χ2n) is 5.79. The molecule has 1 aromatic carbocycles. The number of nitrogens with zero attached hydrogens (tertiary/aromatic N) is 4. The van der Waals surface area contributed by atoms with E-state index in [1.165, 1.54) is 0 Å². The Bertz CT molecular complexity index is 651. The SMILES string of the molecule is Cc1nnc(CCN2CCN(C(=O)COc3ccccc3)CC2)o1. The van der Waals surface area contributed by atoms with Gasteiger partial charge in [-0.15, -0.1) is 10.2 Å². The summed E-state index contributed by atoms with van der Waals surface area (Å²) in [6.07, 6.45) is 0.742. The number of para-hydroxylation sites is 1. The number of aromatic nitrogens is 2. The number of piperazine rings is 1. The number of ether oxygens (including phenoxy) is 1. The van der Waals surface area contributed by atoms with Crippen LogP contribution in [0.1, 0.15) is 11.8 Å². The van der Waals surface area contributed by atoms with Gasteiger partial charge in [-0.1, -0.05) is 18.2 Å². The highest BCUT2D eigenvalue weighted by Gasteiger charge is 2.21. The van der Waals surface area contributed by atoms with E-state index >= 15 is 0 Å². The van der Waals surface area contributed by atoms with E-state index in [1.807, 2.05) is 35.2 Å². The van der Waals surface area contributed by atoms with Gasteiger partial charge in [-0.3, -0.25) is 9.69 Å². The maximum absolute atomic E-state index is 12.2. The zero-order chi connectivity index (χ0) is 16.8. The van der Waals surface area contributed by atoms with Crippen LogP contribution in [0.5, 0.6) is 5.75 Å². The minimum atomic E-state index is 0.0334. The van der Waals surface area contributed by atoms with Gasteiger partial charge in [0.25, 0.3) is 5.91 Å². The normalized spacial score (nSPS) is 15.5. The Balaban J connectivity index is 1.37. The molecule has 7 nitrogen and oxygen atoms in total. The Morgan fingerprint density at radius 1 is 1.17 bits per heavy atom. The maximum Gasteiger partial charge on any atom is 0.260 e. The number of hydrogen-bond donors (Lipinski definition) is 0. The molecule has 2 heterocycles. The van der Waals surface area contributed by atoms with E-state index in [1.54, 1.807) is 6.92 Å². The highest BCUT2D eigenvalue weighted by molar-refractivity contribution is 5.77. The fraction of sp³-hybridized carbons (Fsp3) is 0.471. The lowest BCUT2D eigenvalue weighted by molar-refractivity contribution is -0.135. The van der Waals surface area contributed by atoms with Crippen LogP contribution in [0.3, 0.4) is 0 Å². The molecule has 0 aliphatic carbocycles. The van der Waals surface area contributed by atoms with Crippen molar-refractivity contribution < 1.29 is 13.9 Å². The molecule has 0 spiro atoms. The number of carbonyl (C=O) groups is 1. The first-order valence-electron chi connectivity index (χ1n) is 8.17. The van der Waals surface area contributed by atoms with E-state index in [0.29, 0.717) is 11.8 Å². The Labute approximate surface area is 141 Å².